The van der Waals surface area contributed by atoms with Gasteiger partial charge in [-0.1, -0.05) is 11.3 Å². The second-order valence-electron chi connectivity index (χ2n) is 8.24. The molecule has 3 aromatic heterocycles. The maximum Gasteiger partial charge on any atom is 0.274 e. The summed E-state index contributed by atoms with van der Waals surface area (Å²) in [6, 6.07) is 7.53. The van der Waals surface area contributed by atoms with Crippen LogP contribution in [0.25, 0.3) is 16.0 Å². The number of aromatic nitrogens is 4. The number of anilines is 1. The molecule has 33 heavy (non-hydrogen) atoms. The van der Waals surface area contributed by atoms with E-state index < -0.39 is 11.6 Å². The van der Waals surface area contributed by atoms with E-state index in [4.69, 9.17) is 0 Å². The number of benzene rings is 1. The van der Waals surface area contributed by atoms with Gasteiger partial charge >= 0.3 is 0 Å². The standard InChI is InChI=1S/C23H20F2N6OS/c24-16-7-6-14(13-17(16)25)31-19-5-1-3-15(19)20(28-31)22(32)29-9-11-30(12-10-29)23-27-18-4-2-8-26-21(18)33-23/h2,4,6-8,13H,1,3,5,9-12H2. The fraction of sp³-hybridized carbons (Fsp3) is 0.304. The minimum absolute atomic E-state index is 0.111. The van der Waals surface area contributed by atoms with Crippen molar-refractivity contribution in [3.63, 3.8) is 0 Å². The Kier molecular flexibility index (Phi) is 4.83. The Morgan fingerprint density at radius 3 is 2.67 bits per heavy atom. The number of rotatable bonds is 3. The summed E-state index contributed by atoms with van der Waals surface area (Å²) >= 11 is 1.56. The van der Waals surface area contributed by atoms with Gasteiger partial charge in [-0.25, -0.2) is 23.4 Å². The van der Waals surface area contributed by atoms with Crippen molar-refractivity contribution in [2.45, 2.75) is 19.3 Å². The van der Waals surface area contributed by atoms with E-state index in [1.54, 1.807) is 22.2 Å². The van der Waals surface area contributed by atoms with Crippen LogP contribution >= 0.6 is 11.3 Å². The van der Waals surface area contributed by atoms with Crippen molar-refractivity contribution in [1.82, 2.24) is 24.6 Å². The number of hydrogen-bond acceptors (Lipinski definition) is 6. The molecule has 0 saturated carbocycles. The van der Waals surface area contributed by atoms with Gasteiger partial charge < -0.3 is 9.80 Å². The molecular formula is C23H20F2N6OS. The zero-order valence-electron chi connectivity index (χ0n) is 17.7. The molecule has 4 heterocycles. The molecule has 0 bridgehead atoms. The summed E-state index contributed by atoms with van der Waals surface area (Å²) < 4.78 is 28.8. The number of piperazine rings is 1. The van der Waals surface area contributed by atoms with E-state index in [1.165, 1.54) is 6.07 Å². The number of nitrogens with zero attached hydrogens (tertiary/aromatic N) is 6. The molecule has 4 aromatic rings. The molecule has 1 saturated heterocycles. The summed E-state index contributed by atoms with van der Waals surface area (Å²) in [5.74, 6) is -1.94. The fourth-order valence-electron chi connectivity index (χ4n) is 4.58. The molecule has 10 heteroatoms. The van der Waals surface area contributed by atoms with E-state index in [0.717, 1.165) is 58.1 Å². The molecule has 7 nitrogen and oxygen atoms in total. The predicted octanol–water partition coefficient (Wildman–Crippen LogP) is 3.61. The van der Waals surface area contributed by atoms with Gasteiger partial charge in [0.1, 0.15) is 10.3 Å². The topological polar surface area (TPSA) is 67.2 Å². The highest BCUT2D eigenvalue weighted by Gasteiger charge is 2.31. The first-order valence-corrected chi connectivity index (χ1v) is 11.7. The molecule has 0 radical (unpaired) electrons. The lowest BCUT2D eigenvalue weighted by molar-refractivity contribution is 0.0739. The van der Waals surface area contributed by atoms with Crippen molar-refractivity contribution in [3.8, 4) is 5.69 Å². The van der Waals surface area contributed by atoms with Gasteiger partial charge in [0.25, 0.3) is 5.91 Å². The number of pyridine rings is 1. The zero-order chi connectivity index (χ0) is 22.5. The molecule has 1 aromatic carbocycles. The van der Waals surface area contributed by atoms with Crippen molar-refractivity contribution in [2.24, 2.45) is 0 Å². The van der Waals surface area contributed by atoms with Gasteiger partial charge in [0.05, 0.1) is 5.69 Å². The van der Waals surface area contributed by atoms with Crippen LogP contribution in [0.5, 0.6) is 0 Å². The van der Waals surface area contributed by atoms with Gasteiger partial charge in [-0.3, -0.25) is 4.79 Å². The normalized spacial score (nSPS) is 15.9. The average molecular weight is 467 g/mol. The van der Waals surface area contributed by atoms with Crippen LogP contribution < -0.4 is 4.90 Å². The molecule has 0 unspecified atom stereocenters. The Morgan fingerprint density at radius 2 is 1.88 bits per heavy atom. The molecule has 0 atom stereocenters. The van der Waals surface area contributed by atoms with E-state index in [-0.39, 0.29) is 5.91 Å². The molecule has 0 N–H and O–H groups in total. The first-order valence-electron chi connectivity index (χ1n) is 10.9. The van der Waals surface area contributed by atoms with Gasteiger partial charge in [-0.15, -0.1) is 0 Å². The highest BCUT2D eigenvalue weighted by atomic mass is 32.1. The van der Waals surface area contributed by atoms with Gasteiger partial charge in [0, 0.05) is 49.7 Å². The second-order valence-corrected chi connectivity index (χ2v) is 9.20. The molecule has 1 aliphatic carbocycles. The molecule has 1 amide bonds. The number of carbonyl (C=O) groups excluding carboxylic acids is 1. The SMILES string of the molecule is O=C(c1nn(-c2ccc(F)c(F)c2)c2c1CCC2)N1CCN(c2nc3cccnc3s2)CC1. The predicted molar refractivity (Wildman–Crippen MR) is 121 cm³/mol. The molecule has 6 rings (SSSR count). The maximum atomic E-state index is 13.8. The van der Waals surface area contributed by atoms with E-state index in [9.17, 15) is 13.6 Å². The average Bonchev–Trinajstić information content (AvgIpc) is 3.55. The van der Waals surface area contributed by atoms with Gasteiger partial charge in [-0.2, -0.15) is 5.10 Å². The minimum Gasteiger partial charge on any atom is -0.344 e. The lowest BCUT2D eigenvalue weighted by Gasteiger charge is -2.34. The number of halogens is 2. The minimum atomic E-state index is -0.927. The van der Waals surface area contributed by atoms with Gasteiger partial charge in [0.2, 0.25) is 0 Å². The quantitative estimate of drug-likeness (QED) is 0.462. The highest BCUT2D eigenvalue weighted by molar-refractivity contribution is 7.21. The summed E-state index contributed by atoms with van der Waals surface area (Å²) in [7, 11) is 0. The Bertz CT molecular complexity index is 1340. The van der Waals surface area contributed by atoms with Crippen LogP contribution in [-0.2, 0) is 12.8 Å². The van der Waals surface area contributed by atoms with Crippen molar-refractivity contribution in [2.75, 3.05) is 31.1 Å². The van der Waals surface area contributed by atoms with Gasteiger partial charge in [-0.05, 0) is 43.5 Å². The van der Waals surface area contributed by atoms with Crippen LogP contribution in [-0.4, -0.2) is 56.7 Å². The smallest absolute Gasteiger partial charge is 0.274 e. The number of carbonyl (C=O) groups is 1. The van der Waals surface area contributed by atoms with Crippen LogP contribution in [0, 0.1) is 11.6 Å². The fourth-order valence-corrected chi connectivity index (χ4v) is 5.54. The lowest BCUT2D eigenvalue weighted by atomic mass is 10.1. The molecule has 0 spiro atoms. The zero-order valence-corrected chi connectivity index (χ0v) is 18.5. The molecule has 1 fully saturated rings. The van der Waals surface area contributed by atoms with E-state index in [1.807, 2.05) is 17.0 Å². The van der Waals surface area contributed by atoms with Crippen LogP contribution in [0.2, 0.25) is 0 Å². The van der Waals surface area contributed by atoms with E-state index in [2.05, 4.69) is 20.0 Å². The summed E-state index contributed by atoms with van der Waals surface area (Å²) in [5.41, 5.74) is 3.56. The Morgan fingerprint density at radius 1 is 1.03 bits per heavy atom. The highest BCUT2D eigenvalue weighted by Crippen LogP contribution is 2.30. The lowest BCUT2D eigenvalue weighted by Crippen LogP contribution is -2.49. The first-order chi connectivity index (χ1) is 16.1. The molecular weight excluding hydrogens is 446 g/mol. The summed E-state index contributed by atoms with van der Waals surface area (Å²) in [6.07, 6.45) is 4.20. The monoisotopic (exact) mass is 466 g/mol. The molecule has 2 aliphatic rings. The molecule has 1 aliphatic heterocycles. The molecule has 168 valence electrons. The van der Waals surface area contributed by atoms with Crippen LogP contribution in [0.15, 0.2) is 36.5 Å². The van der Waals surface area contributed by atoms with Crippen molar-refractivity contribution in [1.29, 1.82) is 0 Å². The second kappa shape index (κ2) is 7.87. The third-order valence-electron chi connectivity index (χ3n) is 6.27. The summed E-state index contributed by atoms with van der Waals surface area (Å²) in [5, 5.41) is 5.47. The number of fused-ring (bicyclic) bond motifs is 2. The Hall–Kier alpha value is -3.40. The third kappa shape index (κ3) is 3.45. The van der Waals surface area contributed by atoms with Crippen LogP contribution in [0.4, 0.5) is 13.9 Å². The Labute approximate surface area is 192 Å². The summed E-state index contributed by atoms with van der Waals surface area (Å²) in [6.45, 7) is 2.49. The van der Waals surface area contributed by atoms with Crippen LogP contribution in [0.1, 0.15) is 28.2 Å². The third-order valence-corrected chi connectivity index (χ3v) is 7.31. The number of hydrogen-bond donors (Lipinski definition) is 0. The largest absolute Gasteiger partial charge is 0.344 e. The van der Waals surface area contributed by atoms with Gasteiger partial charge in [0.15, 0.2) is 22.5 Å². The van der Waals surface area contributed by atoms with E-state index >= 15 is 0 Å². The van der Waals surface area contributed by atoms with Crippen molar-refractivity contribution < 1.29 is 13.6 Å². The number of amides is 1. The Balaban J connectivity index is 1.23. The number of thiazole rings is 1. The maximum absolute atomic E-state index is 13.8. The first kappa shape index (κ1) is 20.2. The summed E-state index contributed by atoms with van der Waals surface area (Å²) in [4.78, 5) is 27.3. The van der Waals surface area contributed by atoms with Crippen molar-refractivity contribution >= 4 is 32.7 Å². The van der Waals surface area contributed by atoms with Crippen molar-refractivity contribution in [3.05, 3.63) is 65.1 Å². The van der Waals surface area contributed by atoms with Crippen LogP contribution in [0.3, 0.4) is 0 Å². The van der Waals surface area contributed by atoms with E-state index in [0.29, 0.717) is 37.6 Å².